The first-order valence-corrected chi connectivity index (χ1v) is 5.31. The second-order valence-electron chi connectivity index (χ2n) is 3.71. The van der Waals surface area contributed by atoms with E-state index < -0.39 is 11.7 Å². The smallest absolute Gasteiger partial charge is 0.184 e. The highest BCUT2D eigenvalue weighted by Crippen LogP contribution is 2.20. The number of pyridine rings is 1. The molecule has 0 spiro atoms. The van der Waals surface area contributed by atoms with Gasteiger partial charge in [-0.3, -0.25) is 9.78 Å². The van der Waals surface area contributed by atoms with Crippen molar-refractivity contribution >= 4 is 5.78 Å². The third kappa shape index (κ3) is 2.41. The van der Waals surface area contributed by atoms with Gasteiger partial charge in [-0.25, -0.2) is 4.39 Å². The van der Waals surface area contributed by atoms with Gasteiger partial charge in [0.1, 0.15) is 11.7 Å². The Balaban J connectivity index is 2.33. The lowest BCUT2D eigenvalue weighted by molar-refractivity contribution is 0.0978. The number of aromatic nitrogens is 1. The topological polar surface area (TPSA) is 53.8 Å². The van der Waals surface area contributed by atoms with Gasteiger partial charge in [-0.2, -0.15) is 5.26 Å². The largest absolute Gasteiger partial charge is 0.292 e. The Hall–Kier alpha value is -2.54. The van der Waals surface area contributed by atoms with Gasteiger partial charge in [0.25, 0.3) is 0 Å². The van der Waals surface area contributed by atoms with E-state index >= 15 is 0 Å². The van der Waals surface area contributed by atoms with Crippen LogP contribution in [0.15, 0.2) is 48.8 Å². The minimum atomic E-state index is -0.923. The fourth-order valence-corrected chi connectivity index (χ4v) is 1.62. The van der Waals surface area contributed by atoms with Gasteiger partial charge in [-0.05, 0) is 29.8 Å². The average Bonchev–Trinajstić information content (AvgIpc) is 2.42. The van der Waals surface area contributed by atoms with Crippen molar-refractivity contribution in [1.82, 2.24) is 4.98 Å². The standard InChI is InChI=1S/C14H9FN2O/c15-12-3-1-10(2-4-12)13(9-16)14(18)11-5-7-17-8-6-11/h1-8,13H/t13-/m0/s1. The zero-order valence-corrected chi connectivity index (χ0v) is 9.38. The molecule has 2 rings (SSSR count). The van der Waals surface area contributed by atoms with Gasteiger partial charge < -0.3 is 0 Å². The molecule has 0 radical (unpaired) electrons. The van der Waals surface area contributed by atoms with E-state index in [1.807, 2.05) is 6.07 Å². The van der Waals surface area contributed by atoms with Crippen molar-refractivity contribution in [3.05, 3.63) is 65.7 Å². The first-order valence-electron chi connectivity index (χ1n) is 5.31. The van der Waals surface area contributed by atoms with E-state index in [2.05, 4.69) is 4.98 Å². The highest BCUT2D eigenvalue weighted by molar-refractivity contribution is 6.02. The summed E-state index contributed by atoms with van der Waals surface area (Å²) in [6.07, 6.45) is 2.98. The van der Waals surface area contributed by atoms with Crippen LogP contribution in [-0.2, 0) is 0 Å². The molecule has 4 heteroatoms. The summed E-state index contributed by atoms with van der Waals surface area (Å²) in [5, 5.41) is 9.10. The molecule has 0 saturated heterocycles. The lowest BCUT2D eigenvalue weighted by Gasteiger charge is -2.08. The molecule has 0 amide bonds. The van der Waals surface area contributed by atoms with Crippen LogP contribution in [0.1, 0.15) is 21.8 Å². The Labute approximate surface area is 104 Å². The Morgan fingerprint density at radius 2 is 1.78 bits per heavy atom. The summed E-state index contributed by atoms with van der Waals surface area (Å²) in [7, 11) is 0. The van der Waals surface area contributed by atoms with Gasteiger partial charge in [0, 0.05) is 18.0 Å². The minimum absolute atomic E-state index is 0.313. The van der Waals surface area contributed by atoms with Crippen LogP contribution in [-0.4, -0.2) is 10.8 Å². The molecule has 2 aromatic rings. The molecule has 0 aliphatic carbocycles. The van der Waals surface area contributed by atoms with Gasteiger partial charge in [0.2, 0.25) is 0 Å². The van der Waals surface area contributed by atoms with Gasteiger partial charge >= 0.3 is 0 Å². The summed E-state index contributed by atoms with van der Waals surface area (Å²) in [5.41, 5.74) is 0.904. The predicted molar refractivity (Wildman–Crippen MR) is 63.3 cm³/mol. The summed E-state index contributed by atoms with van der Waals surface area (Å²) in [6, 6.07) is 10.4. The number of nitriles is 1. The van der Waals surface area contributed by atoms with E-state index in [0.717, 1.165) is 0 Å². The molecule has 0 N–H and O–H groups in total. The summed E-state index contributed by atoms with van der Waals surface area (Å²) in [4.78, 5) is 15.9. The molecule has 0 aliphatic rings. The number of rotatable bonds is 3. The van der Waals surface area contributed by atoms with Crippen molar-refractivity contribution in [2.24, 2.45) is 0 Å². The molecule has 0 unspecified atom stereocenters. The number of halogens is 1. The SMILES string of the molecule is N#C[C@H](C(=O)c1ccncc1)c1ccc(F)cc1. The van der Waals surface area contributed by atoms with E-state index in [0.29, 0.717) is 11.1 Å². The molecule has 3 nitrogen and oxygen atoms in total. The molecule has 0 fully saturated rings. The molecule has 1 heterocycles. The number of hydrogen-bond donors (Lipinski definition) is 0. The molecule has 1 aromatic carbocycles. The normalized spacial score (nSPS) is 11.6. The van der Waals surface area contributed by atoms with Crippen molar-refractivity contribution in [1.29, 1.82) is 5.26 Å². The van der Waals surface area contributed by atoms with Gasteiger partial charge in [-0.1, -0.05) is 12.1 Å². The Bertz CT molecular complexity index is 587. The zero-order valence-electron chi connectivity index (χ0n) is 9.38. The third-order valence-electron chi connectivity index (χ3n) is 2.56. The molecular weight excluding hydrogens is 231 g/mol. The van der Waals surface area contributed by atoms with Crippen LogP contribution in [0.25, 0.3) is 0 Å². The van der Waals surface area contributed by atoms with Gasteiger partial charge in [0.15, 0.2) is 5.78 Å². The van der Waals surface area contributed by atoms with Crippen LogP contribution >= 0.6 is 0 Å². The minimum Gasteiger partial charge on any atom is -0.292 e. The van der Waals surface area contributed by atoms with Crippen molar-refractivity contribution in [2.75, 3.05) is 0 Å². The molecular formula is C14H9FN2O. The lowest BCUT2D eigenvalue weighted by Crippen LogP contribution is -2.11. The van der Waals surface area contributed by atoms with Crippen LogP contribution in [0.5, 0.6) is 0 Å². The second-order valence-corrected chi connectivity index (χ2v) is 3.71. The van der Waals surface area contributed by atoms with Crippen molar-refractivity contribution < 1.29 is 9.18 Å². The van der Waals surface area contributed by atoms with Crippen LogP contribution in [0.3, 0.4) is 0 Å². The van der Waals surface area contributed by atoms with E-state index in [-0.39, 0.29) is 5.78 Å². The van der Waals surface area contributed by atoms with Crippen molar-refractivity contribution in [2.45, 2.75) is 5.92 Å². The number of carbonyl (C=O) groups excluding carboxylic acids is 1. The summed E-state index contributed by atoms with van der Waals surface area (Å²) >= 11 is 0. The molecule has 0 saturated carbocycles. The van der Waals surface area contributed by atoms with E-state index in [4.69, 9.17) is 5.26 Å². The Morgan fingerprint density at radius 1 is 1.17 bits per heavy atom. The number of carbonyl (C=O) groups is 1. The number of benzene rings is 1. The van der Waals surface area contributed by atoms with Gasteiger partial charge in [-0.15, -0.1) is 0 Å². The maximum absolute atomic E-state index is 12.8. The van der Waals surface area contributed by atoms with Crippen LogP contribution in [0.2, 0.25) is 0 Å². The summed E-state index contributed by atoms with van der Waals surface area (Å²) < 4.78 is 12.8. The molecule has 18 heavy (non-hydrogen) atoms. The molecule has 1 atom stereocenters. The number of Topliss-reactive ketones (excluding diaryl/α,β-unsaturated/α-hetero) is 1. The summed E-state index contributed by atoms with van der Waals surface area (Å²) in [6.45, 7) is 0. The molecule has 1 aromatic heterocycles. The van der Waals surface area contributed by atoms with E-state index in [9.17, 15) is 9.18 Å². The zero-order chi connectivity index (χ0) is 13.0. The second kappa shape index (κ2) is 5.19. The first-order chi connectivity index (χ1) is 8.72. The number of hydrogen-bond acceptors (Lipinski definition) is 3. The monoisotopic (exact) mass is 240 g/mol. The summed E-state index contributed by atoms with van der Waals surface area (Å²) in [5.74, 6) is -1.63. The predicted octanol–water partition coefficient (Wildman–Crippen LogP) is 2.71. The fourth-order valence-electron chi connectivity index (χ4n) is 1.62. The lowest BCUT2D eigenvalue weighted by atomic mass is 9.92. The third-order valence-corrected chi connectivity index (χ3v) is 2.56. The van der Waals surface area contributed by atoms with Crippen LogP contribution in [0.4, 0.5) is 4.39 Å². The van der Waals surface area contributed by atoms with Crippen molar-refractivity contribution in [3.63, 3.8) is 0 Å². The first kappa shape index (κ1) is 11.9. The molecule has 88 valence electrons. The van der Waals surface area contributed by atoms with Crippen molar-refractivity contribution in [3.8, 4) is 6.07 Å². The Morgan fingerprint density at radius 3 is 2.33 bits per heavy atom. The number of nitrogens with zero attached hydrogens (tertiary/aromatic N) is 2. The van der Waals surface area contributed by atoms with E-state index in [1.165, 1.54) is 36.7 Å². The quantitative estimate of drug-likeness (QED) is 0.775. The highest BCUT2D eigenvalue weighted by Gasteiger charge is 2.21. The Kier molecular flexibility index (Phi) is 3.44. The van der Waals surface area contributed by atoms with Gasteiger partial charge in [0.05, 0.1) is 6.07 Å². The van der Waals surface area contributed by atoms with E-state index in [1.54, 1.807) is 12.1 Å². The highest BCUT2D eigenvalue weighted by atomic mass is 19.1. The molecule has 0 bridgehead atoms. The van der Waals surface area contributed by atoms with Crippen LogP contribution < -0.4 is 0 Å². The average molecular weight is 240 g/mol. The van der Waals surface area contributed by atoms with Crippen LogP contribution in [0, 0.1) is 17.1 Å². The number of ketones is 1. The maximum Gasteiger partial charge on any atom is 0.184 e. The molecule has 0 aliphatic heterocycles. The fraction of sp³-hybridized carbons (Fsp3) is 0.0714. The maximum atomic E-state index is 12.8.